The molecule has 0 aliphatic carbocycles. The Morgan fingerprint density at radius 2 is 2.33 bits per heavy atom. The molecule has 0 radical (unpaired) electrons. The van der Waals surface area contributed by atoms with Crippen molar-refractivity contribution in [2.75, 3.05) is 26.0 Å². The van der Waals surface area contributed by atoms with Crippen molar-refractivity contribution in [1.29, 1.82) is 0 Å². The van der Waals surface area contributed by atoms with Gasteiger partial charge in [-0.1, -0.05) is 12.1 Å². The number of aromatic nitrogens is 1. The molecule has 142 valence electrons. The Balaban J connectivity index is 0.00000800. The molecule has 1 aliphatic heterocycles. The number of fused-ring (bicyclic) bond motifs is 1. The zero-order valence-corrected chi connectivity index (χ0v) is 17.0. The fourth-order valence-corrected chi connectivity index (χ4v) is 2.85. The summed E-state index contributed by atoms with van der Waals surface area (Å²) in [5, 5.41) is 10.9. The topological polar surface area (TPSA) is 77.4 Å². The van der Waals surface area contributed by atoms with Gasteiger partial charge in [0.15, 0.2) is 1.41 Å². The summed E-state index contributed by atoms with van der Waals surface area (Å²) in [6.45, 7) is -18.6. The number of rotatable bonds is 6. The van der Waals surface area contributed by atoms with Gasteiger partial charge in [-0.25, -0.2) is 0 Å². The second-order valence-corrected chi connectivity index (χ2v) is 5.58. The van der Waals surface area contributed by atoms with E-state index >= 15 is 0 Å². The van der Waals surface area contributed by atoms with Crippen LogP contribution in [0.4, 0.5) is 0 Å². The molecule has 3 heterocycles. The first-order valence-corrected chi connectivity index (χ1v) is 7.83. The molecule has 1 fully saturated rings. The van der Waals surface area contributed by atoms with Crippen LogP contribution in [-0.2, 0) is 0 Å². The number of nitrogens with one attached hydrogen (secondary N) is 1. The van der Waals surface area contributed by atoms with E-state index in [9.17, 15) is 14.7 Å². The molecule has 27 heavy (non-hydrogen) atoms. The molecule has 2 aromatic heterocycles. The van der Waals surface area contributed by atoms with Crippen molar-refractivity contribution < 1.29 is 68.3 Å². The van der Waals surface area contributed by atoms with Gasteiger partial charge in [0.1, 0.15) is 4.83 Å². The second-order valence-electron chi connectivity index (χ2n) is 4.78. The van der Waals surface area contributed by atoms with Gasteiger partial charge in [0.05, 0.1) is 9.68 Å². The fraction of sp³-hybridized carbons (Fsp3) is 0.579. The maximum absolute atomic E-state index is 13.5. The summed E-state index contributed by atoms with van der Waals surface area (Å²) in [5.74, 6) is -3.86. The SMILES string of the molecule is [2H]c1sc2c(c1[2H])c([O-])c(C(=O)N([2H])C([2H])([2H])CC([2H])([2H])N1C([2H])([2H])C([2H])([2H])C([2H])([2H])C([2H])([2H])C1([2H])[2H])c(=O)n2C([2H])(C)C([2H])([2H])[2H].[Na+]. The molecule has 1 atom stereocenters. The maximum Gasteiger partial charge on any atom is 1.00 e. The maximum atomic E-state index is 13.5. The van der Waals surface area contributed by atoms with E-state index in [4.69, 9.17) is 28.8 Å². The number of hydrogen-bond donors (Lipinski definition) is 1. The van der Waals surface area contributed by atoms with Gasteiger partial charge >= 0.3 is 29.6 Å². The molecule has 1 unspecified atom stereocenters. The minimum absolute atomic E-state index is 0. The molecule has 2 aromatic rings. The van der Waals surface area contributed by atoms with E-state index in [1.165, 1.54) is 0 Å². The van der Waals surface area contributed by atoms with E-state index in [2.05, 4.69) is 0 Å². The van der Waals surface area contributed by atoms with Crippen molar-refractivity contribution >= 4 is 27.5 Å². The Hall–Kier alpha value is -0.860. The summed E-state index contributed by atoms with van der Waals surface area (Å²) in [6, 6.07) is -3.89. The predicted molar refractivity (Wildman–Crippen MR) is 103 cm³/mol. The van der Waals surface area contributed by atoms with Gasteiger partial charge < -0.3 is 15.3 Å². The molecular formula is C19H26N3NaO3S. The molecular weight excluding hydrogens is 373 g/mol. The van der Waals surface area contributed by atoms with Crippen LogP contribution in [0.5, 0.6) is 5.75 Å². The normalized spacial score (nSPS) is 39.5. The molecule has 0 bridgehead atoms. The van der Waals surface area contributed by atoms with Gasteiger partial charge in [0, 0.05) is 41.2 Å². The fourth-order valence-electron chi connectivity index (χ4n) is 2.05. The van der Waals surface area contributed by atoms with Gasteiger partial charge in [0.25, 0.3) is 11.5 Å². The zero-order valence-electron chi connectivity index (χ0n) is 35.2. The van der Waals surface area contributed by atoms with E-state index in [1.807, 2.05) is 0 Å². The first-order chi connectivity index (χ1) is 20.5. The molecule has 0 aromatic carbocycles. The second kappa shape index (κ2) is 10.1. The number of thiophene rings is 1. The van der Waals surface area contributed by atoms with Gasteiger partial charge in [-0.3, -0.25) is 14.2 Å². The van der Waals surface area contributed by atoms with Gasteiger partial charge in [-0.15, -0.1) is 11.3 Å². The largest absolute Gasteiger partial charge is 1.00 e. The molecule has 1 amide bonds. The summed E-state index contributed by atoms with van der Waals surface area (Å²) >= 11 is 0.246. The van der Waals surface area contributed by atoms with Crippen LogP contribution in [0.1, 0.15) is 83.1 Å². The van der Waals surface area contributed by atoms with E-state index < -0.39 is 119 Å². The third kappa shape index (κ3) is 4.95. The quantitative estimate of drug-likeness (QED) is 0.629. The Bertz CT molecular complexity index is 1650. The molecule has 6 nitrogen and oxygen atoms in total. The van der Waals surface area contributed by atoms with Crippen LogP contribution in [-0.4, -0.2) is 41.4 Å². The summed E-state index contributed by atoms with van der Waals surface area (Å²) in [7, 11) is 0. The molecule has 0 spiro atoms. The number of hydrogen-bond acceptors (Lipinski definition) is 5. The smallest absolute Gasteiger partial charge is 0.871 e. The Kier molecular flexibility index (Phi) is 2.66. The van der Waals surface area contributed by atoms with Crippen molar-refractivity contribution in [2.24, 2.45) is 0 Å². The average Bonchev–Trinajstić information content (AvgIpc) is 3.13. The van der Waals surface area contributed by atoms with E-state index in [0.717, 1.165) is 0 Å². The van der Waals surface area contributed by atoms with Gasteiger partial charge in [-0.2, -0.15) is 0 Å². The number of piperidine rings is 1. The zero-order chi connectivity index (χ0) is 37.3. The van der Waals surface area contributed by atoms with Crippen LogP contribution in [0.2, 0.25) is 1.41 Å². The number of likely N-dealkylation sites (tertiary alicyclic amines) is 1. The predicted octanol–water partition coefficient (Wildman–Crippen LogP) is -0.673. The summed E-state index contributed by atoms with van der Waals surface area (Å²) in [6.07, 6.45) is -14.0. The first kappa shape index (κ1) is 7.13. The van der Waals surface area contributed by atoms with Crippen LogP contribution in [0.25, 0.3) is 10.2 Å². The average molecular weight is 421 g/mol. The number of nitrogens with zero attached hydrogens (tertiary/aromatic N) is 2. The van der Waals surface area contributed by atoms with Crippen molar-refractivity contribution in [3.05, 3.63) is 27.3 Å². The van der Waals surface area contributed by atoms with E-state index in [-0.39, 0.29) is 45.5 Å². The van der Waals surface area contributed by atoms with Crippen LogP contribution in [0.3, 0.4) is 0 Å². The number of carbonyl (C=O) groups excluding carboxylic acids is 1. The van der Waals surface area contributed by atoms with Crippen LogP contribution in [0.15, 0.2) is 16.2 Å². The summed E-state index contributed by atoms with van der Waals surface area (Å²) in [5.41, 5.74) is -3.55. The molecule has 1 aliphatic rings. The number of carbonyl (C=O) groups is 1. The van der Waals surface area contributed by atoms with Crippen LogP contribution in [0, 0.1) is 0 Å². The number of amides is 1. The van der Waals surface area contributed by atoms with Crippen molar-refractivity contribution in [3.63, 3.8) is 0 Å². The third-order valence-electron chi connectivity index (χ3n) is 3.12. The van der Waals surface area contributed by atoms with Crippen LogP contribution >= 0.6 is 11.3 Å². The minimum Gasteiger partial charge on any atom is -0.871 e. The van der Waals surface area contributed by atoms with Gasteiger partial charge in [0.2, 0.25) is 0 Å². The minimum atomic E-state index is -4.08. The third-order valence-corrected chi connectivity index (χ3v) is 3.90. The van der Waals surface area contributed by atoms with Crippen LogP contribution < -0.4 is 45.5 Å². The van der Waals surface area contributed by atoms with Crippen molar-refractivity contribution in [2.45, 2.75) is 45.3 Å². The summed E-state index contributed by atoms with van der Waals surface area (Å²) in [4.78, 5) is 25.6. The first-order valence-electron chi connectivity index (χ1n) is 17.5. The Morgan fingerprint density at radius 1 is 1.59 bits per heavy atom. The van der Waals surface area contributed by atoms with Gasteiger partial charge in [-0.05, 0) is 63.8 Å². The van der Waals surface area contributed by atoms with E-state index in [0.29, 0.717) is 6.92 Å². The monoisotopic (exact) mass is 420 g/mol. The van der Waals surface area contributed by atoms with Crippen molar-refractivity contribution in [3.8, 4) is 5.75 Å². The molecule has 1 saturated heterocycles. The molecule has 8 heteroatoms. The Morgan fingerprint density at radius 3 is 3.04 bits per heavy atom. The number of pyridine rings is 1. The molecule has 3 rings (SSSR count). The summed E-state index contributed by atoms with van der Waals surface area (Å²) < 4.78 is 169. The molecule has 1 N–H and O–H groups in total. The molecule has 0 saturated carbocycles. The van der Waals surface area contributed by atoms with Crippen molar-refractivity contribution in [1.82, 2.24) is 14.8 Å². The van der Waals surface area contributed by atoms with E-state index in [1.54, 1.807) is 0 Å². The Labute approximate surface area is 215 Å². The standard InChI is InChI=1S/C19H27N3O3S.Na/c1-13(2)22-18(25)15(16(23)14-7-12-26-19(14)22)17(24)20-8-6-11-21-9-4-3-5-10-21;/h7,12-13,23H,3-6,8-11H2,1-2H3,(H,20,24);/q;+1/p-1/i1D3,3D2,4D2,5D2,7D,8D2,9D2,10D2,11D2,12D,13D;/hD.